The maximum atomic E-state index is 14.1. The van der Waals surface area contributed by atoms with Gasteiger partial charge in [0, 0.05) is 17.6 Å². The summed E-state index contributed by atoms with van der Waals surface area (Å²) in [4.78, 5) is 29.0. The van der Waals surface area contributed by atoms with Crippen molar-refractivity contribution in [3.05, 3.63) is 94.0 Å². The zero-order valence-electron chi connectivity index (χ0n) is 23.6. The van der Waals surface area contributed by atoms with E-state index >= 15 is 0 Å². The van der Waals surface area contributed by atoms with E-state index in [0.717, 1.165) is 38.3 Å². The van der Waals surface area contributed by atoms with E-state index in [1.54, 1.807) is 48.5 Å². The van der Waals surface area contributed by atoms with Crippen molar-refractivity contribution in [2.75, 3.05) is 17.4 Å². The fraction of sp³-hybridized carbons (Fsp3) is 0.355. The van der Waals surface area contributed by atoms with Crippen LogP contribution in [0.1, 0.15) is 49.8 Å². The molecular formula is C31H38BrN3O4S. The van der Waals surface area contributed by atoms with Crippen LogP contribution >= 0.6 is 15.9 Å². The van der Waals surface area contributed by atoms with Crippen LogP contribution in [0, 0.1) is 13.8 Å². The summed E-state index contributed by atoms with van der Waals surface area (Å²) in [5, 5.41) is 2.95. The van der Waals surface area contributed by atoms with E-state index < -0.39 is 28.5 Å². The summed E-state index contributed by atoms with van der Waals surface area (Å²) in [6.45, 7) is 7.99. The number of amides is 2. The molecule has 0 aromatic heterocycles. The summed E-state index contributed by atoms with van der Waals surface area (Å²) in [7, 11) is -4.09. The molecule has 2 amide bonds. The Balaban J connectivity index is 2.04. The summed E-state index contributed by atoms with van der Waals surface area (Å²) >= 11 is 3.40. The van der Waals surface area contributed by atoms with Crippen LogP contribution in [-0.4, -0.2) is 44.3 Å². The number of unbranched alkanes of at least 4 members (excludes halogenated alkanes) is 1. The van der Waals surface area contributed by atoms with Crippen molar-refractivity contribution in [3.8, 4) is 0 Å². The Morgan fingerprint density at radius 1 is 0.925 bits per heavy atom. The Morgan fingerprint density at radius 2 is 1.57 bits per heavy atom. The summed E-state index contributed by atoms with van der Waals surface area (Å²) < 4.78 is 29.7. The first-order valence-electron chi connectivity index (χ1n) is 13.5. The second kappa shape index (κ2) is 14.5. The Kier molecular flexibility index (Phi) is 11.3. The van der Waals surface area contributed by atoms with Gasteiger partial charge in [0.1, 0.15) is 12.6 Å². The van der Waals surface area contributed by atoms with Crippen LogP contribution in [0.2, 0.25) is 0 Å². The number of halogens is 1. The minimum atomic E-state index is -4.09. The highest BCUT2D eigenvalue weighted by Crippen LogP contribution is 2.27. The quantitative estimate of drug-likeness (QED) is 0.236. The molecule has 0 radical (unpaired) electrons. The third-order valence-electron chi connectivity index (χ3n) is 6.82. The molecule has 0 aliphatic carbocycles. The minimum Gasteiger partial charge on any atom is -0.354 e. The highest BCUT2D eigenvalue weighted by atomic mass is 79.9. The van der Waals surface area contributed by atoms with Crippen LogP contribution in [-0.2, 0) is 26.2 Å². The lowest BCUT2D eigenvalue weighted by Gasteiger charge is -2.33. The molecule has 0 unspecified atom stereocenters. The van der Waals surface area contributed by atoms with E-state index in [0.29, 0.717) is 18.7 Å². The topological polar surface area (TPSA) is 86.8 Å². The predicted octanol–water partition coefficient (Wildman–Crippen LogP) is 5.98. The van der Waals surface area contributed by atoms with Gasteiger partial charge in [0.15, 0.2) is 0 Å². The van der Waals surface area contributed by atoms with Crippen molar-refractivity contribution in [1.29, 1.82) is 0 Å². The molecule has 1 atom stereocenters. The second-order valence-electron chi connectivity index (χ2n) is 9.82. The molecule has 0 fully saturated rings. The molecule has 3 aromatic rings. The number of hydrogen-bond donors (Lipinski definition) is 1. The number of hydrogen-bond acceptors (Lipinski definition) is 4. The van der Waals surface area contributed by atoms with Gasteiger partial charge in [0.25, 0.3) is 10.0 Å². The lowest BCUT2D eigenvalue weighted by atomic mass is 10.1. The van der Waals surface area contributed by atoms with Crippen LogP contribution in [0.5, 0.6) is 0 Å². The van der Waals surface area contributed by atoms with E-state index in [2.05, 4.69) is 21.2 Å². The normalized spacial score (nSPS) is 12.0. The Labute approximate surface area is 246 Å². The van der Waals surface area contributed by atoms with Crippen LogP contribution in [0.25, 0.3) is 0 Å². The number of carbonyl (C=O) groups excluding carboxylic acids is 2. The van der Waals surface area contributed by atoms with E-state index in [1.807, 2.05) is 52.0 Å². The number of nitrogens with one attached hydrogen (secondary N) is 1. The molecule has 3 aromatic carbocycles. The third kappa shape index (κ3) is 7.95. The molecule has 3 rings (SSSR count). The van der Waals surface area contributed by atoms with E-state index in [4.69, 9.17) is 0 Å². The molecular weight excluding hydrogens is 590 g/mol. The Morgan fingerprint density at radius 3 is 2.17 bits per heavy atom. The summed E-state index contributed by atoms with van der Waals surface area (Å²) in [6, 6.07) is 20.3. The largest absolute Gasteiger partial charge is 0.354 e. The summed E-state index contributed by atoms with van der Waals surface area (Å²) in [5.74, 6) is -0.700. The molecule has 214 valence electrons. The first kappa shape index (κ1) is 31.4. The van der Waals surface area contributed by atoms with Crippen molar-refractivity contribution >= 4 is 43.5 Å². The molecule has 0 saturated heterocycles. The van der Waals surface area contributed by atoms with Gasteiger partial charge < -0.3 is 10.2 Å². The predicted molar refractivity (Wildman–Crippen MR) is 164 cm³/mol. The van der Waals surface area contributed by atoms with Gasteiger partial charge in [0.2, 0.25) is 11.8 Å². The SMILES string of the molecule is CCCCNC(=O)[C@@H](CC)N(Cc1ccccc1C)C(=O)CN(c1ccc(Br)cc1)S(=O)(=O)c1ccc(C)cc1. The number of sulfonamides is 1. The van der Waals surface area contributed by atoms with Crippen LogP contribution in [0.4, 0.5) is 5.69 Å². The van der Waals surface area contributed by atoms with Gasteiger partial charge >= 0.3 is 0 Å². The fourth-order valence-electron chi connectivity index (χ4n) is 4.37. The molecule has 0 aliphatic heterocycles. The molecule has 7 nitrogen and oxygen atoms in total. The van der Waals surface area contributed by atoms with Crippen molar-refractivity contribution in [1.82, 2.24) is 10.2 Å². The number of benzene rings is 3. The number of rotatable bonds is 13. The van der Waals surface area contributed by atoms with Gasteiger partial charge in [-0.2, -0.15) is 0 Å². The number of anilines is 1. The fourth-order valence-corrected chi connectivity index (χ4v) is 6.05. The van der Waals surface area contributed by atoms with E-state index in [1.165, 1.54) is 4.90 Å². The molecule has 0 aliphatic rings. The van der Waals surface area contributed by atoms with Crippen LogP contribution in [0.3, 0.4) is 0 Å². The van der Waals surface area contributed by atoms with Crippen molar-refractivity contribution in [2.45, 2.75) is 64.4 Å². The van der Waals surface area contributed by atoms with E-state index in [9.17, 15) is 18.0 Å². The van der Waals surface area contributed by atoms with Gasteiger partial charge in [-0.3, -0.25) is 13.9 Å². The minimum absolute atomic E-state index is 0.0867. The first-order valence-corrected chi connectivity index (χ1v) is 15.8. The molecule has 0 heterocycles. The smallest absolute Gasteiger partial charge is 0.264 e. The average molecular weight is 629 g/mol. The average Bonchev–Trinajstić information content (AvgIpc) is 2.93. The highest BCUT2D eigenvalue weighted by Gasteiger charge is 2.33. The molecule has 0 saturated carbocycles. The molecule has 9 heteroatoms. The van der Waals surface area contributed by atoms with Gasteiger partial charge in [0.05, 0.1) is 10.6 Å². The summed E-state index contributed by atoms with van der Waals surface area (Å²) in [6.07, 6.45) is 2.15. The van der Waals surface area contributed by atoms with Gasteiger partial charge in [-0.25, -0.2) is 8.42 Å². The molecule has 0 spiro atoms. The standard InChI is InChI=1S/C31H38BrN3O4S/c1-5-7-20-33-31(37)29(6-2)34(21-25-11-9-8-10-24(25)4)30(36)22-35(27-16-14-26(32)15-17-27)40(38,39)28-18-12-23(3)13-19-28/h8-19,29H,5-7,20-22H2,1-4H3,(H,33,37)/t29-/m1/s1. The maximum absolute atomic E-state index is 14.1. The first-order chi connectivity index (χ1) is 19.1. The molecule has 40 heavy (non-hydrogen) atoms. The Hall–Kier alpha value is -3.17. The number of aryl methyl sites for hydroxylation is 2. The monoisotopic (exact) mass is 627 g/mol. The van der Waals surface area contributed by atoms with Crippen LogP contribution < -0.4 is 9.62 Å². The van der Waals surface area contributed by atoms with Gasteiger partial charge in [-0.15, -0.1) is 0 Å². The molecule has 1 N–H and O–H groups in total. The van der Waals surface area contributed by atoms with Crippen LogP contribution in [0.15, 0.2) is 82.2 Å². The van der Waals surface area contributed by atoms with Gasteiger partial charge in [-0.05, 0) is 74.2 Å². The van der Waals surface area contributed by atoms with Crippen molar-refractivity contribution in [3.63, 3.8) is 0 Å². The lowest BCUT2D eigenvalue weighted by Crippen LogP contribution is -2.52. The van der Waals surface area contributed by atoms with Gasteiger partial charge in [-0.1, -0.05) is 78.2 Å². The summed E-state index contributed by atoms with van der Waals surface area (Å²) in [5.41, 5.74) is 3.16. The van der Waals surface area contributed by atoms with Crippen molar-refractivity contribution < 1.29 is 18.0 Å². The van der Waals surface area contributed by atoms with Crippen molar-refractivity contribution in [2.24, 2.45) is 0 Å². The molecule has 0 bridgehead atoms. The number of carbonyl (C=O) groups is 2. The third-order valence-corrected chi connectivity index (χ3v) is 9.14. The second-order valence-corrected chi connectivity index (χ2v) is 12.6. The zero-order chi connectivity index (χ0) is 29.3. The lowest BCUT2D eigenvalue weighted by molar-refractivity contribution is -0.140. The van der Waals surface area contributed by atoms with E-state index in [-0.39, 0.29) is 17.3 Å². The Bertz CT molecular complexity index is 1390. The number of nitrogens with zero attached hydrogens (tertiary/aromatic N) is 2. The zero-order valence-corrected chi connectivity index (χ0v) is 26.0. The highest BCUT2D eigenvalue weighted by molar-refractivity contribution is 9.10. The maximum Gasteiger partial charge on any atom is 0.264 e.